The Kier molecular flexibility index (Phi) is 5.24. The van der Waals surface area contributed by atoms with Crippen molar-refractivity contribution in [2.24, 2.45) is 0 Å². The normalized spacial score (nSPS) is 18.3. The minimum Gasteiger partial charge on any atom is -0.354 e. The van der Waals surface area contributed by atoms with Gasteiger partial charge in [0.25, 0.3) is 0 Å². The molecule has 1 aliphatic rings. The Balaban J connectivity index is 1.61. The molecule has 0 bridgehead atoms. The second kappa shape index (κ2) is 7.57. The summed E-state index contributed by atoms with van der Waals surface area (Å²) in [5.74, 6) is 0.867. The number of amides is 2. The Labute approximate surface area is 144 Å². The Morgan fingerprint density at radius 2 is 2.42 bits per heavy atom. The molecule has 24 heavy (non-hydrogen) atoms. The summed E-state index contributed by atoms with van der Waals surface area (Å²) in [7, 11) is 0. The molecule has 1 fully saturated rings. The second-order valence-corrected chi connectivity index (χ2v) is 6.46. The Morgan fingerprint density at radius 3 is 3.17 bits per heavy atom. The number of rotatable bonds is 5. The number of nitrogens with zero attached hydrogens (tertiary/aromatic N) is 3. The maximum absolute atomic E-state index is 12.5. The first kappa shape index (κ1) is 16.6. The minimum absolute atomic E-state index is 0.0471. The number of hydrogen-bond acceptors (Lipinski definition) is 6. The van der Waals surface area contributed by atoms with E-state index < -0.39 is 0 Å². The van der Waals surface area contributed by atoms with Gasteiger partial charge in [0.15, 0.2) is 0 Å². The van der Waals surface area contributed by atoms with E-state index in [0.717, 1.165) is 12.0 Å². The second-order valence-electron chi connectivity index (χ2n) is 5.68. The third-order valence-electron chi connectivity index (χ3n) is 4.06. The first-order valence-electron chi connectivity index (χ1n) is 8.11. The van der Waals surface area contributed by atoms with E-state index >= 15 is 0 Å². The van der Waals surface area contributed by atoms with Crippen LogP contribution in [0.2, 0.25) is 0 Å². The molecule has 2 aromatic heterocycles. The van der Waals surface area contributed by atoms with Gasteiger partial charge in [-0.2, -0.15) is 16.3 Å². The predicted molar refractivity (Wildman–Crippen MR) is 89.4 cm³/mol. The van der Waals surface area contributed by atoms with Gasteiger partial charge in [-0.05, 0) is 24.3 Å². The third-order valence-corrected chi connectivity index (χ3v) is 4.74. The Bertz CT molecular complexity index is 698. The molecule has 2 amide bonds. The van der Waals surface area contributed by atoms with Gasteiger partial charge in [-0.25, -0.2) is 0 Å². The van der Waals surface area contributed by atoms with E-state index in [1.165, 1.54) is 0 Å². The average molecular weight is 348 g/mol. The molecular weight excluding hydrogens is 328 g/mol. The zero-order valence-electron chi connectivity index (χ0n) is 13.5. The van der Waals surface area contributed by atoms with Crippen molar-refractivity contribution in [2.45, 2.75) is 38.6 Å². The van der Waals surface area contributed by atoms with Crippen LogP contribution in [0.4, 0.5) is 0 Å². The van der Waals surface area contributed by atoms with E-state index in [2.05, 4.69) is 15.5 Å². The van der Waals surface area contributed by atoms with E-state index in [9.17, 15) is 9.59 Å². The lowest BCUT2D eigenvalue weighted by atomic mass is 10.1. The first-order chi connectivity index (χ1) is 11.7. The largest absolute Gasteiger partial charge is 0.354 e. The Hall–Kier alpha value is -2.22. The smallest absolute Gasteiger partial charge is 0.242 e. The van der Waals surface area contributed by atoms with Crippen molar-refractivity contribution >= 4 is 23.2 Å². The number of carbonyl (C=O) groups is 2. The van der Waals surface area contributed by atoms with E-state index in [1.807, 2.05) is 23.8 Å². The highest BCUT2D eigenvalue weighted by atomic mass is 32.1. The third kappa shape index (κ3) is 3.64. The monoisotopic (exact) mass is 348 g/mol. The fourth-order valence-electron chi connectivity index (χ4n) is 2.80. The van der Waals surface area contributed by atoms with Crippen LogP contribution in [0.1, 0.15) is 32.1 Å². The zero-order chi connectivity index (χ0) is 16.9. The number of aryl methyl sites for hydroxylation is 1. The summed E-state index contributed by atoms with van der Waals surface area (Å²) in [4.78, 5) is 30.6. The van der Waals surface area contributed by atoms with Gasteiger partial charge in [-0.15, -0.1) is 0 Å². The van der Waals surface area contributed by atoms with Gasteiger partial charge in [0.1, 0.15) is 6.04 Å². The molecule has 2 aromatic rings. The van der Waals surface area contributed by atoms with Crippen LogP contribution in [-0.2, 0) is 16.0 Å². The lowest BCUT2D eigenvalue weighted by Crippen LogP contribution is -2.46. The van der Waals surface area contributed by atoms with E-state index in [-0.39, 0.29) is 24.3 Å². The van der Waals surface area contributed by atoms with Gasteiger partial charge >= 0.3 is 0 Å². The van der Waals surface area contributed by atoms with E-state index in [4.69, 9.17) is 4.52 Å². The molecular formula is C16H20N4O3S. The summed E-state index contributed by atoms with van der Waals surface area (Å²) in [6.45, 7) is 3.13. The molecule has 3 heterocycles. The number of thiophene rings is 1. The topological polar surface area (TPSA) is 88.3 Å². The quantitative estimate of drug-likeness (QED) is 0.891. The van der Waals surface area contributed by atoms with Crippen molar-refractivity contribution < 1.29 is 14.1 Å². The van der Waals surface area contributed by atoms with Crippen molar-refractivity contribution in [1.82, 2.24) is 20.4 Å². The standard InChI is InChI=1S/C16H20N4O3S/c1-2-12-16(22)17-7-3-8-20(12)14(21)5-4-13-18-15(19-23-13)11-6-9-24-10-11/h6,9-10,12H,2-5,7-8H2,1H3,(H,17,22)/t12-/m0/s1. The fourth-order valence-corrected chi connectivity index (χ4v) is 3.44. The molecule has 0 spiro atoms. The molecule has 1 atom stereocenters. The number of carbonyl (C=O) groups excluding carboxylic acids is 2. The van der Waals surface area contributed by atoms with Gasteiger partial charge < -0.3 is 14.7 Å². The maximum Gasteiger partial charge on any atom is 0.242 e. The lowest BCUT2D eigenvalue weighted by molar-refractivity contribution is -0.139. The van der Waals surface area contributed by atoms with Gasteiger partial charge in [0, 0.05) is 36.9 Å². The SMILES string of the molecule is CC[C@H]1C(=O)NCCCN1C(=O)CCc1nc(-c2ccsc2)no1. The number of hydrogen-bond donors (Lipinski definition) is 1. The molecule has 128 valence electrons. The van der Waals surface area contributed by atoms with Crippen molar-refractivity contribution in [3.05, 3.63) is 22.7 Å². The van der Waals surface area contributed by atoms with Crippen LogP contribution < -0.4 is 5.32 Å². The highest BCUT2D eigenvalue weighted by Gasteiger charge is 2.29. The average Bonchev–Trinajstić information content (AvgIpc) is 3.23. The minimum atomic E-state index is -0.385. The molecule has 0 saturated carbocycles. The van der Waals surface area contributed by atoms with Crippen LogP contribution in [0.15, 0.2) is 21.3 Å². The van der Waals surface area contributed by atoms with Crippen molar-refractivity contribution in [3.63, 3.8) is 0 Å². The summed E-state index contributed by atoms with van der Waals surface area (Å²) < 4.78 is 5.22. The fraction of sp³-hybridized carbons (Fsp3) is 0.500. The van der Waals surface area contributed by atoms with Crippen molar-refractivity contribution in [1.29, 1.82) is 0 Å². The van der Waals surface area contributed by atoms with Gasteiger partial charge in [-0.1, -0.05) is 12.1 Å². The van der Waals surface area contributed by atoms with Crippen LogP contribution in [0.25, 0.3) is 11.4 Å². The van der Waals surface area contributed by atoms with Crippen LogP contribution in [0, 0.1) is 0 Å². The molecule has 0 aromatic carbocycles. The van der Waals surface area contributed by atoms with E-state index in [1.54, 1.807) is 16.2 Å². The molecule has 7 nitrogen and oxygen atoms in total. The highest BCUT2D eigenvalue weighted by Crippen LogP contribution is 2.19. The van der Waals surface area contributed by atoms with Gasteiger partial charge in [-0.3, -0.25) is 9.59 Å². The highest BCUT2D eigenvalue weighted by molar-refractivity contribution is 7.08. The first-order valence-corrected chi connectivity index (χ1v) is 9.05. The molecule has 1 N–H and O–H groups in total. The zero-order valence-corrected chi connectivity index (χ0v) is 14.3. The molecule has 0 radical (unpaired) electrons. The molecule has 0 aliphatic carbocycles. The van der Waals surface area contributed by atoms with Crippen LogP contribution in [0.5, 0.6) is 0 Å². The molecule has 1 aliphatic heterocycles. The lowest BCUT2D eigenvalue weighted by Gasteiger charge is -2.27. The number of aromatic nitrogens is 2. The van der Waals surface area contributed by atoms with Crippen molar-refractivity contribution in [2.75, 3.05) is 13.1 Å². The summed E-state index contributed by atoms with van der Waals surface area (Å²) in [5.41, 5.74) is 0.913. The van der Waals surface area contributed by atoms with Gasteiger partial charge in [0.05, 0.1) is 0 Å². The maximum atomic E-state index is 12.5. The summed E-state index contributed by atoms with van der Waals surface area (Å²) >= 11 is 1.57. The summed E-state index contributed by atoms with van der Waals surface area (Å²) in [6.07, 6.45) is 2.02. The van der Waals surface area contributed by atoms with E-state index in [0.29, 0.717) is 37.6 Å². The van der Waals surface area contributed by atoms with Crippen molar-refractivity contribution in [3.8, 4) is 11.4 Å². The van der Waals surface area contributed by atoms with Crippen LogP contribution in [0.3, 0.4) is 0 Å². The van der Waals surface area contributed by atoms with Crippen LogP contribution in [-0.4, -0.2) is 46.0 Å². The molecule has 8 heteroatoms. The van der Waals surface area contributed by atoms with Crippen LogP contribution >= 0.6 is 11.3 Å². The molecule has 3 rings (SSSR count). The number of nitrogens with one attached hydrogen (secondary N) is 1. The molecule has 0 unspecified atom stereocenters. The summed E-state index contributed by atoms with van der Waals surface area (Å²) in [6, 6.07) is 1.54. The molecule has 1 saturated heterocycles. The Morgan fingerprint density at radius 1 is 1.54 bits per heavy atom. The van der Waals surface area contributed by atoms with Gasteiger partial charge in [0.2, 0.25) is 23.5 Å². The summed E-state index contributed by atoms with van der Waals surface area (Å²) in [5, 5.41) is 10.7. The predicted octanol–water partition coefficient (Wildman–Crippen LogP) is 1.86.